The lowest BCUT2D eigenvalue weighted by atomic mass is 10.1. The number of carbonyl (C=O) groups excluding carboxylic acids is 1. The lowest BCUT2D eigenvalue weighted by Gasteiger charge is -2.29. The third kappa shape index (κ3) is 5.06. The summed E-state index contributed by atoms with van der Waals surface area (Å²) in [5, 5.41) is 15.0. The molecule has 1 aliphatic rings. The first-order valence-corrected chi connectivity index (χ1v) is 13.9. The SMILES string of the molecule is CCn1c2ccccc2c2cc(NC(=O)c3ccc(CN4CCC(O)CC4)cc3)nc(-c3ccc(OC)cc3)c21. The van der Waals surface area contributed by atoms with E-state index in [1.165, 1.54) is 0 Å². The second-order valence-electron chi connectivity index (χ2n) is 10.4. The summed E-state index contributed by atoms with van der Waals surface area (Å²) in [4.78, 5) is 20.7. The fourth-order valence-corrected chi connectivity index (χ4v) is 5.70. The molecule has 5 aromatic rings. The van der Waals surface area contributed by atoms with Gasteiger partial charge in [-0.2, -0.15) is 0 Å². The zero-order valence-electron chi connectivity index (χ0n) is 22.9. The zero-order chi connectivity index (χ0) is 27.6. The number of aryl methyl sites for hydroxylation is 1. The third-order valence-electron chi connectivity index (χ3n) is 7.85. The topological polar surface area (TPSA) is 79.6 Å². The number of rotatable bonds is 7. The van der Waals surface area contributed by atoms with Gasteiger partial charge in [-0.05, 0) is 73.9 Å². The van der Waals surface area contributed by atoms with Gasteiger partial charge in [-0.1, -0.05) is 30.3 Å². The van der Waals surface area contributed by atoms with Crippen molar-refractivity contribution in [2.45, 2.75) is 39.0 Å². The largest absolute Gasteiger partial charge is 0.497 e. The van der Waals surface area contributed by atoms with Gasteiger partial charge in [0, 0.05) is 53.6 Å². The minimum Gasteiger partial charge on any atom is -0.497 e. The van der Waals surface area contributed by atoms with Crippen molar-refractivity contribution in [3.8, 4) is 17.0 Å². The van der Waals surface area contributed by atoms with Gasteiger partial charge in [0.15, 0.2) is 0 Å². The summed E-state index contributed by atoms with van der Waals surface area (Å²) in [6.07, 6.45) is 1.44. The number of para-hydroxylation sites is 1. The molecule has 3 heterocycles. The van der Waals surface area contributed by atoms with Crippen LogP contribution in [0.25, 0.3) is 33.1 Å². The molecular weight excluding hydrogens is 500 g/mol. The number of amides is 1. The minimum absolute atomic E-state index is 0.182. The second-order valence-corrected chi connectivity index (χ2v) is 10.4. The average Bonchev–Trinajstić information content (AvgIpc) is 3.32. The van der Waals surface area contributed by atoms with Crippen LogP contribution in [0.5, 0.6) is 5.75 Å². The number of aliphatic hydroxyl groups excluding tert-OH is 1. The van der Waals surface area contributed by atoms with Gasteiger partial charge in [0.2, 0.25) is 0 Å². The Balaban J connectivity index is 1.33. The summed E-state index contributed by atoms with van der Waals surface area (Å²) >= 11 is 0. The van der Waals surface area contributed by atoms with Crippen LogP contribution in [0.4, 0.5) is 5.82 Å². The summed E-state index contributed by atoms with van der Waals surface area (Å²) in [6.45, 7) is 5.53. The van der Waals surface area contributed by atoms with E-state index in [9.17, 15) is 9.90 Å². The molecule has 2 N–H and O–H groups in total. The summed E-state index contributed by atoms with van der Waals surface area (Å²) < 4.78 is 7.65. The molecule has 7 heteroatoms. The number of likely N-dealkylation sites (tertiary alicyclic amines) is 1. The van der Waals surface area contributed by atoms with Crippen LogP contribution in [0, 0.1) is 0 Å². The highest BCUT2D eigenvalue weighted by Crippen LogP contribution is 2.37. The smallest absolute Gasteiger partial charge is 0.256 e. The Labute approximate surface area is 234 Å². The molecule has 1 amide bonds. The first-order chi connectivity index (χ1) is 19.5. The van der Waals surface area contributed by atoms with Gasteiger partial charge < -0.3 is 19.7 Å². The zero-order valence-corrected chi connectivity index (χ0v) is 22.9. The van der Waals surface area contributed by atoms with Crippen LogP contribution >= 0.6 is 0 Å². The molecule has 0 atom stereocenters. The van der Waals surface area contributed by atoms with E-state index in [0.717, 1.165) is 83.4 Å². The van der Waals surface area contributed by atoms with E-state index in [-0.39, 0.29) is 12.0 Å². The molecule has 0 radical (unpaired) electrons. The van der Waals surface area contributed by atoms with Crippen LogP contribution in [0.1, 0.15) is 35.7 Å². The van der Waals surface area contributed by atoms with E-state index >= 15 is 0 Å². The molecule has 0 aliphatic carbocycles. The van der Waals surface area contributed by atoms with Crippen LogP contribution in [-0.2, 0) is 13.1 Å². The van der Waals surface area contributed by atoms with Crippen molar-refractivity contribution in [3.05, 3.63) is 90.0 Å². The van der Waals surface area contributed by atoms with Crippen molar-refractivity contribution < 1.29 is 14.6 Å². The van der Waals surface area contributed by atoms with Gasteiger partial charge in [-0.15, -0.1) is 0 Å². The molecule has 0 saturated carbocycles. The fourth-order valence-electron chi connectivity index (χ4n) is 5.70. The maximum Gasteiger partial charge on any atom is 0.256 e. The molecule has 0 bridgehead atoms. The molecule has 0 unspecified atom stereocenters. The highest BCUT2D eigenvalue weighted by atomic mass is 16.5. The molecule has 3 aromatic carbocycles. The highest BCUT2D eigenvalue weighted by molar-refractivity contribution is 6.14. The summed E-state index contributed by atoms with van der Waals surface area (Å²) in [7, 11) is 1.65. The van der Waals surface area contributed by atoms with E-state index in [2.05, 4.69) is 39.9 Å². The average molecular weight is 535 g/mol. The van der Waals surface area contributed by atoms with Gasteiger partial charge in [0.25, 0.3) is 5.91 Å². The van der Waals surface area contributed by atoms with Crippen molar-refractivity contribution in [2.24, 2.45) is 0 Å². The minimum atomic E-state index is -0.195. The number of fused-ring (bicyclic) bond motifs is 3. The van der Waals surface area contributed by atoms with E-state index in [1.54, 1.807) is 7.11 Å². The Morgan fingerprint density at radius 3 is 2.42 bits per heavy atom. The Bertz CT molecular complexity index is 1650. The maximum atomic E-state index is 13.3. The van der Waals surface area contributed by atoms with Crippen LogP contribution in [0.2, 0.25) is 0 Å². The van der Waals surface area contributed by atoms with Gasteiger partial charge in [0.05, 0.1) is 24.4 Å². The Morgan fingerprint density at radius 1 is 1.00 bits per heavy atom. The van der Waals surface area contributed by atoms with Crippen molar-refractivity contribution in [1.29, 1.82) is 0 Å². The van der Waals surface area contributed by atoms with E-state index in [4.69, 9.17) is 9.72 Å². The molecule has 1 saturated heterocycles. The van der Waals surface area contributed by atoms with Crippen LogP contribution in [0.15, 0.2) is 78.9 Å². The number of aliphatic hydroxyl groups is 1. The first kappa shape index (κ1) is 26.0. The lowest BCUT2D eigenvalue weighted by Crippen LogP contribution is -2.35. The Morgan fingerprint density at radius 2 is 1.73 bits per heavy atom. The number of nitrogens with one attached hydrogen (secondary N) is 1. The number of anilines is 1. The molecular formula is C33H34N4O3. The summed E-state index contributed by atoms with van der Waals surface area (Å²) in [6, 6.07) is 26.0. The molecule has 7 nitrogen and oxygen atoms in total. The van der Waals surface area contributed by atoms with Gasteiger partial charge >= 0.3 is 0 Å². The monoisotopic (exact) mass is 534 g/mol. The molecule has 40 heavy (non-hydrogen) atoms. The van der Waals surface area contributed by atoms with Crippen molar-refractivity contribution in [2.75, 3.05) is 25.5 Å². The predicted molar refractivity (Wildman–Crippen MR) is 160 cm³/mol. The molecule has 204 valence electrons. The number of carbonyl (C=O) groups is 1. The first-order valence-electron chi connectivity index (χ1n) is 13.9. The Kier molecular flexibility index (Phi) is 7.24. The molecule has 1 fully saturated rings. The number of methoxy groups -OCH3 is 1. The molecule has 2 aromatic heterocycles. The van der Waals surface area contributed by atoms with Crippen molar-refractivity contribution in [1.82, 2.24) is 14.5 Å². The van der Waals surface area contributed by atoms with Gasteiger partial charge in [0.1, 0.15) is 11.6 Å². The number of aromatic nitrogens is 2. The number of piperidine rings is 1. The highest BCUT2D eigenvalue weighted by Gasteiger charge is 2.19. The molecule has 1 aliphatic heterocycles. The maximum absolute atomic E-state index is 13.3. The third-order valence-corrected chi connectivity index (χ3v) is 7.85. The number of pyridine rings is 1. The number of nitrogens with zero attached hydrogens (tertiary/aromatic N) is 3. The van der Waals surface area contributed by atoms with Crippen molar-refractivity contribution >= 4 is 33.5 Å². The van der Waals surface area contributed by atoms with Crippen LogP contribution in [-0.4, -0.2) is 51.8 Å². The number of benzene rings is 3. The summed E-state index contributed by atoms with van der Waals surface area (Å²) in [5.41, 5.74) is 5.69. The Hall–Kier alpha value is -4.20. The number of hydrogen-bond donors (Lipinski definition) is 2. The predicted octanol–water partition coefficient (Wildman–Crippen LogP) is 6.09. The van der Waals surface area contributed by atoms with E-state index < -0.39 is 0 Å². The lowest BCUT2D eigenvalue weighted by molar-refractivity contribution is 0.0792. The van der Waals surface area contributed by atoms with Crippen molar-refractivity contribution in [3.63, 3.8) is 0 Å². The van der Waals surface area contributed by atoms with Gasteiger partial charge in [-0.25, -0.2) is 4.98 Å². The quantitative estimate of drug-likeness (QED) is 0.264. The fraction of sp³-hybridized carbons (Fsp3) is 0.273. The summed E-state index contributed by atoms with van der Waals surface area (Å²) in [5.74, 6) is 1.10. The molecule has 6 rings (SSSR count). The van der Waals surface area contributed by atoms with E-state index in [1.807, 2.05) is 60.7 Å². The van der Waals surface area contributed by atoms with Gasteiger partial charge in [-0.3, -0.25) is 9.69 Å². The second kappa shape index (κ2) is 11.1. The van der Waals surface area contributed by atoms with Crippen LogP contribution in [0.3, 0.4) is 0 Å². The number of ether oxygens (including phenoxy) is 1. The normalized spacial score (nSPS) is 14.6. The number of hydrogen-bond acceptors (Lipinski definition) is 5. The standard InChI is InChI=1S/C33H34N4O3/c1-3-37-29-7-5-4-6-27(29)28-20-30(34-31(32(28)37)23-12-14-26(40-2)15-13-23)35-33(39)24-10-8-22(9-11-24)21-36-18-16-25(38)17-19-36/h4-15,20,25,38H,3,16-19,21H2,1-2H3,(H,34,35,39). The van der Waals surface area contributed by atoms with E-state index in [0.29, 0.717) is 11.4 Å². The molecule has 0 spiro atoms. The van der Waals surface area contributed by atoms with Crippen LogP contribution < -0.4 is 10.1 Å².